The Labute approximate surface area is 233 Å². The molecule has 210 valence electrons. The van der Waals surface area contributed by atoms with Gasteiger partial charge in [0.1, 0.15) is 11.8 Å². The summed E-state index contributed by atoms with van der Waals surface area (Å²) >= 11 is 1.43. The third-order valence-electron chi connectivity index (χ3n) is 6.20. The Morgan fingerprint density at radius 1 is 1.10 bits per heavy atom. The van der Waals surface area contributed by atoms with Crippen molar-refractivity contribution >= 4 is 35.5 Å². The molecule has 0 aliphatic carbocycles. The first kappa shape index (κ1) is 30.2. The van der Waals surface area contributed by atoms with E-state index < -0.39 is 41.5 Å². The van der Waals surface area contributed by atoms with E-state index in [0.717, 1.165) is 5.56 Å². The molecule has 0 aromatic heterocycles. The van der Waals surface area contributed by atoms with Gasteiger partial charge in [0.15, 0.2) is 6.10 Å². The van der Waals surface area contributed by atoms with E-state index in [-0.39, 0.29) is 29.5 Å². The van der Waals surface area contributed by atoms with Crippen LogP contribution in [0.25, 0.3) is 0 Å². The van der Waals surface area contributed by atoms with Crippen LogP contribution in [0, 0.1) is 0 Å². The van der Waals surface area contributed by atoms with Crippen molar-refractivity contribution in [2.75, 3.05) is 11.6 Å². The maximum Gasteiger partial charge on any atom is 0.308 e. The van der Waals surface area contributed by atoms with Gasteiger partial charge in [0.2, 0.25) is 5.91 Å². The van der Waals surface area contributed by atoms with E-state index in [1.807, 2.05) is 58.0 Å². The zero-order chi connectivity index (χ0) is 28.7. The minimum Gasteiger partial charge on any atom is -0.426 e. The van der Waals surface area contributed by atoms with Gasteiger partial charge in [-0.15, -0.1) is 11.8 Å². The number of aliphatic hydroxyl groups is 1. The van der Waals surface area contributed by atoms with Gasteiger partial charge in [-0.2, -0.15) is 0 Å². The fourth-order valence-corrected chi connectivity index (χ4v) is 5.59. The smallest absolute Gasteiger partial charge is 0.308 e. The number of amides is 3. The predicted octanol–water partition coefficient (Wildman–Crippen LogP) is 2.69. The Morgan fingerprint density at radius 3 is 2.41 bits per heavy atom. The molecule has 3 atom stereocenters. The molecule has 1 aliphatic rings. The summed E-state index contributed by atoms with van der Waals surface area (Å²) in [7, 11) is 0. The maximum atomic E-state index is 13.5. The highest BCUT2D eigenvalue weighted by atomic mass is 32.2. The molecule has 3 N–H and O–H groups in total. The average molecular weight is 556 g/mol. The van der Waals surface area contributed by atoms with Crippen LogP contribution < -0.4 is 15.4 Å². The molecular weight excluding hydrogens is 518 g/mol. The quantitative estimate of drug-likeness (QED) is 0.321. The van der Waals surface area contributed by atoms with Crippen molar-refractivity contribution in [2.45, 2.75) is 71.2 Å². The molecule has 1 aliphatic heterocycles. The van der Waals surface area contributed by atoms with Crippen LogP contribution in [-0.2, 0) is 27.2 Å². The van der Waals surface area contributed by atoms with Gasteiger partial charge in [-0.3, -0.25) is 19.2 Å². The van der Waals surface area contributed by atoms with Crippen LogP contribution in [0.4, 0.5) is 0 Å². The van der Waals surface area contributed by atoms with Crippen LogP contribution in [0.1, 0.15) is 56.1 Å². The molecule has 1 fully saturated rings. The van der Waals surface area contributed by atoms with E-state index in [9.17, 15) is 24.3 Å². The van der Waals surface area contributed by atoms with Gasteiger partial charge in [-0.25, -0.2) is 0 Å². The molecule has 0 spiro atoms. The number of benzene rings is 2. The Morgan fingerprint density at radius 2 is 1.79 bits per heavy atom. The number of ether oxygens (including phenoxy) is 1. The van der Waals surface area contributed by atoms with Crippen molar-refractivity contribution < 1.29 is 29.0 Å². The number of carbonyl (C=O) groups is 4. The van der Waals surface area contributed by atoms with Gasteiger partial charge in [0, 0.05) is 29.3 Å². The normalized spacial score (nSPS) is 16.8. The molecular formula is C29H37N3O6S. The molecule has 0 saturated carbocycles. The zero-order valence-electron chi connectivity index (χ0n) is 23.0. The summed E-state index contributed by atoms with van der Waals surface area (Å²) in [6, 6.07) is 12.4. The van der Waals surface area contributed by atoms with Crippen LogP contribution in [0.3, 0.4) is 0 Å². The number of carbonyl (C=O) groups excluding carboxylic acids is 4. The van der Waals surface area contributed by atoms with Crippen molar-refractivity contribution in [1.82, 2.24) is 15.5 Å². The highest BCUT2D eigenvalue weighted by Crippen LogP contribution is 2.26. The molecule has 0 bridgehead atoms. The molecule has 3 amide bonds. The van der Waals surface area contributed by atoms with Gasteiger partial charge in [0.25, 0.3) is 11.8 Å². The van der Waals surface area contributed by atoms with E-state index in [2.05, 4.69) is 10.6 Å². The first-order valence-corrected chi connectivity index (χ1v) is 14.1. The summed E-state index contributed by atoms with van der Waals surface area (Å²) in [5.41, 5.74) is 1.17. The van der Waals surface area contributed by atoms with Crippen molar-refractivity contribution in [2.24, 2.45) is 0 Å². The van der Waals surface area contributed by atoms with E-state index in [0.29, 0.717) is 17.7 Å². The molecule has 3 rings (SSSR count). The zero-order valence-corrected chi connectivity index (χ0v) is 23.8. The first-order chi connectivity index (χ1) is 18.4. The Hall–Kier alpha value is -3.37. The van der Waals surface area contributed by atoms with Crippen molar-refractivity contribution in [3.63, 3.8) is 0 Å². The molecule has 2 aromatic rings. The monoisotopic (exact) mass is 555 g/mol. The average Bonchev–Trinajstić information content (AvgIpc) is 3.37. The lowest BCUT2D eigenvalue weighted by atomic mass is 9.98. The number of rotatable bonds is 9. The fourth-order valence-electron chi connectivity index (χ4n) is 4.42. The maximum absolute atomic E-state index is 13.5. The van der Waals surface area contributed by atoms with Gasteiger partial charge >= 0.3 is 5.97 Å². The summed E-state index contributed by atoms with van der Waals surface area (Å²) in [6.07, 6.45) is -0.989. The van der Waals surface area contributed by atoms with Crippen molar-refractivity contribution in [1.29, 1.82) is 0 Å². The number of esters is 1. The molecule has 9 nitrogen and oxygen atoms in total. The van der Waals surface area contributed by atoms with Crippen molar-refractivity contribution in [3.8, 4) is 5.75 Å². The second-order valence-electron chi connectivity index (χ2n) is 10.5. The number of hydrogen-bond donors (Lipinski definition) is 3. The van der Waals surface area contributed by atoms with E-state index >= 15 is 0 Å². The second-order valence-corrected chi connectivity index (χ2v) is 11.5. The van der Waals surface area contributed by atoms with Gasteiger partial charge in [0.05, 0.1) is 11.9 Å². The van der Waals surface area contributed by atoms with Gasteiger partial charge in [-0.1, -0.05) is 43.3 Å². The lowest BCUT2D eigenvalue weighted by Crippen LogP contribution is -2.57. The van der Waals surface area contributed by atoms with E-state index in [1.165, 1.54) is 23.6 Å². The van der Waals surface area contributed by atoms with Crippen LogP contribution in [0.2, 0.25) is 0 Å². The lowest BCUT2D eigenvalue weighted by molar-refractivity contribution is -0.146. The number of thioether (sulfide) groups is 1. The van der Waals surface area contributed by atoms with Crippen LogP contribution in [-0.4, -0.2) is 69.1 Å². The van der Waals surface area contributed by atoms with Gasteiger partial charge < -0.3 is 25.4 Å². The topological polar surface area (TPSA) is 125 Å². The Bertz CT molecular complexity index is 1200. The lowest BCUT2D eigenvalue weighted by Gasteiger charge is -2.31. The van der Waals surface area contributed by atoms with E-state index in [4.69, 9.17) is 4.74 Å². The Balaban J connectivity index is 1.88. The van der Waals surface area contributed by atoms with Crippen LogP contribution in [0.5, 0.6) is 5.75 Å². The number of hydrogen-bond acceptors (Lipinski definition) is 7. The molecule has 1 saturated heterocycles. The minimum absolute atomic E-state index is 0.185. The highest BCUT2D eigenvalue weighted by Gasteiger charge is 2.40. The van der Waals surface area contributed by atoms with Crippen LogP contribution >= 0.6 is 11.8 Å². The summed E-state index contributed by atoms with van der Waals surface area (Å²) in [6.45, 7) is 8.71. The van der Waals surface area contributed by atoms with Crippen molar-refractivity contribution in [3.05, 3.63) is 65.2 Å². The molecule has 2 aromatic carbocycles. The van der Waals surface area contributed by atoms with Crippen LogP contribution in [0.15, 0.2) is 48.5 Å². The number of nitrogens with one attached hydrogen (secondary N) is 2. The summed E-state index contributed by atoms with van der Waals surface area (Å²) in [4.78, 5) is 52.9. The molecule has 10 heteroatoms. The second kappa shape index (κ2) is 13.1. The molecule has 39 heavy (non-hydrogen) atoms. The predicted molar refractivity (Wildman–Crippen MR) is 150 cm³/mol. The molecule has 0 unspecified atom stereocenters. The number of aliphatic hydroxyl groups excluding tert-OH is 1. The molecule has 0 radical (unpaired) electrons. The van der Waals surface area contributed by atoms with E-state index in [1.54, 1.807) is 18.2 Å². The largest absolute Gasteiger partial charge is 0.426 e. The molecule has 1 heterocycles. The van der Waals surface area contributed by atoms with Gasteiger partial charge in [-0.05, 0) is 51.3 Å². The number of nitrogens with zero attached hydrogens (tertiary/aromatic N) is 1. The minimum atomic E-state index is -1.60. The summed E-state index contributed by atoms with van der Waals surface area (Å²) in [5.74, 6) is -0.958. The summed E-state index contributed by atoms with van der Waals surface area (Å²) in [5, 5.41) is 17.1. The summed E-state index contributed by atoms with van der Waals surface area (Å²) < 4.78 is 5.28. The fraction of sp³-hybridized carbons (Fsp3) is 0.448. The first-order valence-electron chi connectivity index (χ1n) is 12.9. The standard InChI is InChI=1S/C29H37N3O6S/c1-6-20-21(13-10-14-24(20)38-18(2)33)26(35)30-22(15-19-11-8-7-9-12-19)25(34)28(37)32-17-39-16-23(32)27(36)31-29(3,4)5/h7-14,22-23,25,34H,6,15-17H2,1-5H3,(H,30,35)(H,31,36)/t22-,23-,25-/m0/s1. The highest BCUT2D eigenvalue weighted by molar-refractivity contribution is 7.99. The third kappa shape index (κ3) is 8.06. The Kier molecular flexibility index (Phi) is 10.2. The third-order valence-corrected chi connectivity index (χ3v) is 7.21. The SMILES string of the molecule is CCc1c(OC(C)=O)cccc1C(=O)N[C@@H](Cc1ccccc1)[C@H](O)C(=O)N1CSC[C@H]1C(=O)NC(C)(C)C.